The Bertz CT molecular complexity index is 1310. The van der Waals surface area contributed by atoms with Crippen molar-refractivity contribution < 1.29 is 13.9 Å². The molecule has 2 aromatic rings. The summed E-state index contributed by atoms with van der Waals surface area (Å²) in [6.07, 6.45) is 7.01. The van der Waals surface area contributed by atoms with Crippen molar-refractivity contribution in [3.8, 4) is 0 Å². The van der Waals surface area contributed by atoms with Crippen molar-refractivity contribution in [1.82, 2.24) is 14.8 Å². The third-order valence-electron chi connectivity index (χ3n) is 8.58. The molecule has 0 bridgehead atoms. The Kier molecular flexibility index (Phi) is 7.53. The first-order chi connectivity index (χ1) is 18.3. The van der Waals surface area contributed by atoms with Crippen molar-refractivity contribution in [2.24, 2.45) is 17.3 Å². The number of aryl methyl sites for hydroxylation is 1. The summed E-state index contributed by atoms with van der Waals surface area (Å²) in [7, 11) is 1.57. The molecule has 1 spiro atoms. The summed E-state index contributed by atoms with van der Waals surface area (Å²) in [4.78, 5) is 15.0. The molecule has 2 saturated heterocycles. The van der Waals surface area contributed by atoms with Gasteiger partial charge in [0, 0.05) is 44.0 Å². The molecule has 1 atom stereocenters. The summed E-state index contributed by atoms with van der Waals surface area (Å²) < 4.78 is 21.0. The van der Waals surface area contributed by atoms with E-state index in [1.165, 1.54) is 18.5 Å². The molecule has 1 aromatic heterocycles. The molecule has 4 N–H and O–H groups in total. The number of rotatable bonds is 10. The van der Waals surface area contributed by atoms with Gasteiger partial charge in [-0.05, 0) is 72.7 Å². The monoisotopic (exact) mass is 540 g/mol. The van der Waals surface area contributed by atoms with E-state index in [0.29, 0.717) is 58.6 Å². The van der Waals surface area contributed by atoms with Crippen LogP contribution >= 0.6 is 11.6 Å². The average molecular weight is 541 g/mol. The lowest BCUT2D eigenvalue weighted by Gasteiger charge is -2.62. The van der Waals surface area contributed by atoms with Crippen LogP contribution in [0.5, 0.6) is 0 Å². The molecule has 1 aromatic carbocycles. The molecule has 2 aliphatic heterocycles. The lowest BCUT2D eigenvalue weighted by atomic mass is 9.52. The minimum absolute atomic E-state index is 0.112. The van der Waals surface area contributed by atoms with Gasteiger partial charge >= 0.3 is 0 Å². The summed E-state index contributed by atoms with van der Waals surface area (Å²) in [6.45, 7) is 4.36. The van der Waals surface area contributed by atoms with Crippen LogP contribution in [0.4, 0.5) is 4.39 Å². The lowest BCUT2D eigenvalue weighted by molar-refractivity contribution is -0.127. The molecule has 38 heavy (non-hydrogen) atoms. The molecular weight excluding hydrogens is 507 g/mol. The zero-order valence-electron chi connectivity index (χ0n) is 21.5. The SMILES string of the molecule is CNC(=O)c1c(Cl)ccc(C(C2COC2)C2CC3(C2)CN(CCCc2cc(=N)n(C=N)cc2F)C3)c1C=N. The summed E-state index contributed by atoms with van der Waals surface area (Å²) in [5.41, 5.74) is 2.96. The van der Waals surface area contributed by atoms with Gasteiger partial charge in [0.2, 0.25) is 0 Å². The second-order valence-corrected chi connectivity index (χ2v) is 11.4. The third-order valence-corrected chi connectivity index (χ3v) is 8.90. The van der Waals surface area contributed by atoms with Gasteiger partial charge in [-0.15, -0.1) is 0 Å². The predicted octanol–water partition coefficient (Wildman–Crippen LogP) is 3.65. The van der Waals surface area contributed by atoms with Crippen LogP contribution in [0.1, 0.15) is 52.2 Å². The first-order valence-corrected chi connectivity index (χ1v) is 13.5. The van der Waals surface area contributed by atoms with Gasteiger partial charge in [0.05, 0.1) is 30.1 Å². The zero-order valence-corrected chi connectivity index (χ0v) is 22.3. The largest absolute Gasteiger partial charge is 0.381 e. The minimum atomic E-state index is -0.372. The van der Waals surface area contributed by atoms with E-state index in [2.05, 4.69) is 10.2 Å². The highest BCUT2D eigenvalue weighted by molar-refractivity contribution is 6.34. The molecule has 3 fully saturated rings. The van der Waals surface area contributed by atoms with Crippen LogP contribution in [-0.2, 0) is 11.2 Å². The molecule has 1 aliphatic carbocycles. The predicted molar refractivity (Wildman–Crippen MR) is 144 cm³/mol. The van der Waals surface area contributed by atoms with E-state index in [4.69, 9.17) is 32.6 Å². The van der Waals surface area contributed by atoms with Crippen molar-refractivity contribution >= 4 is 30.1 Å². The lowest BCUT2D eigenvalue weighted by Crippen LogP contribution is -2.63. The van der Waals surface area contributed by atoms with Crippen LogP contribution in [0.2, 0.25) is 5.02 Å². The van der Waals surface area contributed by atoms with Crippen LogP contribution in [0.25, 0.3) is 0 Å². The number of ether oxygens (including phenoxy) is 1. The summed E-state index contributed by atoms with van der Waals surface area (Å²) >= 11 is 6.38. The van der Waals surface area contributed by atoms with Gasteiger partial charge in [-0.1, -0.05) is 17.7 Å². The topological polar surface area (TPSA) is 118 Å². The number of hydrogen-bond acceptors (Lipinski definition) is 6. The number of amides is 1. The molecule has 1 amide bonds. The van der Waals surface area contributed by atoms with Crippen LogP contribution in [0.15, 0.2) is 24.4 Å². The summed E-state index contributed by atoms with van der Waals surface area (Å²) in [5.74, 6) is 0.424. The fourth-order valence-electron chi connectivity index (χ4n) is 6.76. The number of halogens is 2. The van der Waals surface area contributed by atoms with E-state index in [-0.39, 0.29) is 23.1 Å². The Morgan fingerprint density at radius 1 is 1.29 bits per heavy atom. The van der Waals surface area contributed by atoms with Gasteiger partial charge in [-0.2, -0.15) is 0 Å². The van der Waals surface area contributed by atoms with Gasteiger partial charge in [0.1, 0.15) is 11.3 Å². The van der Waals surface area contributed by atoms with Crippen LogP contribution in [-0.4, -0.2) is 67.8 Å². The number of nitrogens with one attached hydrogen (secondary N) is 4. The highest BCUT2D eigenvalue weighted by Gasteiger charge is 2.55. The highest BCUT2D eigenvalue weighted by Crippen LogP contribution is 2.58. The summed E-state index contributed by atoms with van der Waals surface area (Å²) in [6, 6.07) is 5.28. The molecule has 0 radical (unpaired) electrons. The Hall–Kier alpha value is -2.88. The Labute approximate surface area is 226 Å². The molecule has 5 rings (SSSR count). The molecule has 3 heterocycles. The third kappa shape index (κ3) is 4.83. The van der Waals surface area contributed by atoms with Gasteiger partial charge in [-0.3, -0.25) is 20.2 Å². The molecule has 8 nitrogen and oxygen atoms in total. The van der Waals surface area contributed by atoms with Crippen molar-refractivity contribution in [3.05, 3.63) is 63.0 Å². The van der Waals surface area contributed by atoms with E-state index in [0.717, 1.165) is 55.4 Å². The Morgan fingerprint density at radius 2 is 2.03 bits per heavy atom. The zero-order chi connectivity index (χ0) is 27.0. The van der Waals surface area contributed by atoms with E-state index in [1.54, 1.807) is 13.1 Å². The van der Waals surface area contributed by atoms with Crippen molar-refractivity contribution in [1.29, 1.82) is 16.2 Å². The van der Waals surface area contributed by atoms with Crippen molar-refractivity contribution in [3.63, 3.8) is 0 Å². The quantitative estimate of drug-likeness (QED) is 0.272. The van der Waals surface area contributed by atoms with Crippen molar-refractivity contribution in [2.75, 3.05) is 39.9 Å². The van der Waals surface area contributed by atoms with Crippen LogP contribution < -0.4 is 10.8 Å². The number of carbonyl (C=O) groups excluding carboxylic acids is 1. The van der Waals surface area contributed by atoms with Gasteiger partial charge in [0.25, 0.3) is 5.91 Å². The maximum absolute atomic E-state index is 14.3. The van der Waals surface area contributed by atoms with E-state index in [9.17, 15) is 9.18 Å². The smallest absolute Gasteiger partial charge is 0.253 e. The number of likely N-dealkylation sites (tertiary alicyclic amines) is 1. The maximum atomic E-state index is 14.3. The number of aromatic nitrogens is 1. The van der Waals surface area contributed by atoms with Crippen LogP contribution in [0.3, 0.4) is 0 Å². The molecule has 202 valence electrons. The normalized spacial score (nSPS) is 19.8. The molecular formula is C28H34ClFN6O2. The fraction of sp³-hybridized carbons (Fsp3) is 0.500. The number of nitrogens with zero attached hydrogens (tertiary/aromatic N) is 2. The van der Waals surface area contributed by atoms with E-state index < -0.39 is 0 Å². The first kappa shape index (κ1) is 26.7. The number of benzene rings is 1. The number of carbonyl (C=O) groups is 1. The van der Waals surface area contributed by atoms with E-state index in [1.807, 2.05) is 6.07 Å². The summed E-state index contributed by atoms with van der Waals surface area (Å²) in [5, 5.41) is 26.2. The maximum Gasteiger partial charge on any atom is 0.253 e. The molecule has 3 aliphatic rings. The first-order valence-electron chi connectivity index (χ1n) is 13.1. The van der Waals surface area contributed by atoms with Gasteiger partial charge in [-0.25, -0.2) is 4.39 Å². The molecule has 1 saturated carbocycles. The average Bonchev–Trinajstić information content (AvgIpc) is 2.83. The van der Waals surface area contributed by atoms with Crippen LogP contribution in [0, 0.1) is 39.3 Å². The van der Waals surface area contributed by atoms with Gasteiger partial charge < -0.3 is 20.4 Å². The van der Waals surface area contributed by atoms with Gasteiger partial charge in [0.15, 0.2) is 0 Å². The molecule has 1 unspecified atom stereocenters. The number of pyridine rings is 1. The number of hydrogen-bond donors (Lipinski definition) is 4. The minimum Gasteiger partial charge on any atom is -0.381 e. The fourth-order valence-corrected chi connectivity index (χ4v) is 7.02. The van der Waals surface area contributed by atoms with E-state index >= 15 is 0 Å². The van der Waals surface area contributed by atoms with Crippen molar-refractivity contribution in [2.45, 2.75) is 31.6 Å². The standard InChI is InChI=1S/C28H34ClFN6O2/c1-34-27(37)26-21(10-31)20(4-5-22(26)29)25(19-12-38-13-19)18-8-28(9-18)14-35(15-28)6-2-3-17-7-24(33)36(16-32)11-23(17)30/h4-5,7,10-11,16,18-19,25,31-33H,2-3,6,8-9,12-15H2,1H3,(H,34,37). The Balaban J connectivity index is 1.20. The molecule has 10 heteroatoms. The Morgan fingerprint density at radius 3 is 2.63 bits per heavy atom. The second kappa shape index (κ2) is 10.7. The highest BCUT2D eigenvalue weighted by atomic mass is 35.5. The second-order valence-electron chi connectivity index (χ2n) is 11.0.